The zero-order valence-electron chi connectivity index (χ0n) is 15.9. The first-order chi connectivity index (χ1) is 13.1. The van der Waals surface area contributed by atoms with E-state index in [-0.39, 0.29) is 5.41 Å². The van der Waals surface area contributed by atoms with Gasteiger partial charge in [-0.1, -0.05) is 28.1 Å². The lowest BCUT2D eigenvalue weighted by Gasteiger charge is -2.38. The molecule has 1 aliphatic heterocycles. The Morgan fingerprint density at radius 1 is 1.26 bits per heavy atom. The second-order valence-electron chi connectivity index (χ2n) is 6.75. The summed E-state index contributed by atoms with van der Waals surface area (Å²) in [5.74, 6) is 1.63. The number of aryl methyl sites for hydroxylation is 1. The van der Waals surface area contributed by atoms with Crippen LogP contribution >= 0.6 is 15.9 Å². The standard InChI is InChI=1S/C19H27BrN6O/c1-3-21-18(22-12-17-24-14-25-26(17)2)23-13-19(8-10-27-11-9-19)15-4-6-16(20)7-5-15/h4-7,14H,3,8-13H2,1-2H3,(H2,21,22,23). The maximum Gasteiger partial charge on any atom is 0.191 e. The number of rotatable bonds is 6. The lowest BCUT2D eigenvalue weighted by Crippen LogP contribution is -2.48. The predicted octanol–water partition coefficient (Wildman–Crippen LogP) is 2.38. The molecule has 1 aromatic carbocycles. The van der Waals surface area contributed by atoms with Crippen molar-refractivity contribution in [2.24, 2.45) is 12.0 Å². The van der Waals surface area contributed by atoms with Gasteiger partial charge in [0.05, 0.1) is 0 Å². The SMILES string of the molecule is CCNC(=NCc1ncnn1C)NCC1(c2ccc(Br)cc2)CCOCC1. The van der Waals surface area contributed by atoms with Gasteiger partial charge in [0.1, 0.15) is 18.7 Å². The maximum absolute atomic E-state index is 5.63. The van der Waals surface area contributed by atoms with Gasteiger partial charge in [-0.15, -0.1) is 0 Å². The number of benzene rings is 1. The molecule has 2 heterocycles. The lowest BCUT2D eigenvalue weighted by molar-refractivity contribution is 0.0514. The molecule has 2 N–H and O–H groups in total. The Labute approximate surface area is 168 Å². The molecule has 3 rings (SSSR count). The van der Waals surface area contributed by atoms with Crippen LogP contribution in [0.4, 0.5) is 0 Å². The van der Waals surface area contributed by atoms with Gasteiger partial charge >= 0.3 is 0 Å². The van der Waals surface area contributed by atoms with Crippen LogP contribution in [0.15, 0.2) is 40.1 Å². The topological polar surface area (TPSA) is 76.4 Å². The van der Waals surface area contributed by atoms with Crippen molar-refractivity contribution in [3.63, 3.8) is 0 Å². The van der Waals surface area contributed by atoms with Gasteiger partial charge in [-0.3, -0.25) is 4.68 Å². The summed E-state index contributed by atoms with van der Waals surface area (Å²) in [6, 6.07) is 8.64. The van der Waals surface area contributed by atoms with Crippen molar-refractivity contribution in [1.29, 1.82) is 0 Å². The highest BCUT2D eigenvalue weighted by molar-refractivity contribution is 9.10. The highest BCUT2D eigenvalue weighted by Gasteiger charge is 2.34. The number of aliphatic imine (C=N–C) groups is 1. The van der Waals surface area contributed by atoms with E-state index in [1.165, 1.54) is 5.56 Å². The molecule has 2 aromatic rings. The third-order valence-electron chi connectivity index (χ3n) is 5.03. The first-order valence-corrected chi connectivity index (χ1v) is 10.1. The Kier molecular flexibility index (Phi) is 6.84. The summed E-state index contributed by atoms with van der Waals surface area (Å²) in [5, 5.41) is 11.0. The average Bonchev–Trinajstić information content (AvgIpc) is 3.10. The molecular formula is C19H27BrN6O. The fourth-order valence-electron chi connectivity index (χ4n) is 3.34. The maximum atomic E-state index is 5.63. The molecule has 27 heavy (non-hydrogen) atoms. The van der Waals surface area contributed by atoms with E-state index in [9.17, 15) is 0 Å². The van der Waals surface area contributed by atoms with E-state index in [4.69, 9.17) is 4.74 Å². The highest BCUT2D eigenvalue weighted by Crippen LogP contribution is 2.34. The number of ether oxygens (including phenoxy) is 1. The second kappa shape index (κ2) is 9.32. The van der Waals surface area contributed by atoms with Gasteiger partial charge < -0.3 is 15.4 Å². The Bertz CT molecular complexity index is 752. The van der Waals surface area contributed by atoms with Crippen molar-refractivity contribution in [3.8, 4) is 0 Å². The molecule has 1 aliphatic rings. The molecule has 0 amide bonds. The summed E-state index contributed by atoms with van der Waals surface area (Å²) < 4.78 is 8.48. The second-order valence-corrected chi connectivity index (χ2v) is 7.66. The van der Waals surface area contributed by atoms with Crippen molar-refractivity contribution >= 4 is 21.9 Å². The minimum Gasteiger partial charge on any atom is -0.381 e. The average molecular weight is 435 g/mol. The zero-order chi connectivity index (χ0) is 19.1. The van der Waals surface area contributed by atoms with E-state index in [0.29, 0.717) is 6.54 Å². The van der Waals surface area contributed by atoms with Gasteiger partial charge in [-0.05, 0) is 37.5 Å². The number of nitrogens with zero attached hydrogens (tertiary/aromatic N) is 4. The summed E-state index contributed by atoms with van der Waals surface area (Å²) in [6.45, 7) is 5.73. The molecular weight excluding hydrogens is 408 g/mol. The van der Waals surface area contributed by atoms with Gasteiger partial charge in [0.25, 0.3) is 0 Å². The third kappa shape index (κ3) is 5.07. The molecule has 146 valence electrons. The molecule has 0 radical (unpaired) electrons. The fourth-order valence-corrected chi connectivity index (χ4v) is 3.61. The van der Waals surface area contributed by atoms with E-state index in [2.05, 4.69) is 72.8 Å². The van der Waals surface area contributed by atoms with Crippen LogP contribution in [0.1, 0.15) is 31.2 Å². The van der Waals surface area contributed by atoms with Gasteiger partial charge in [0, 0.05) is 43.2 Å². The van der Waals surface area contributed by atoms with Crippen LogP contribution < -0.4 is 10.6 Å². The molecule has 1 saturated heterocycles. The Hall–Kier alpha value is -1.93. The third-order valence-corrected chi connectivity index (χ3v) is 5.56. The summed E-state index contributed by atoms with van der Waals surface area (Å²) >= 11 is 3.53. The Balaban J connectivity index is 1.73. The number of aromatic nitrogens is 3. The van der Waals surface area contributed by atoms with Crippen molar-refractivity contribution < 1.29 is 4.74 Å². The first-order valence-electron chi connectivity index (χ1n) is 9.32. The zero-order valence-corrected chi connectivity index (χ0v) is 17.5. The van der Waals surface area contributed by atoms with Gasteiger partial charge in [-0.2, -0.15) is 5.10 Å². The molecule has 0 unspecified atom stereocenters. The van der Waals surface area contributed by atoms with Crippen LogP contribution in [0.5, 0.6) is 0 Å². The minimum atomic E-state index is 0.0416. The van der Waals surface area contributed by atoms with E-state index in [1.807, 2.05) is 7.05 Å². The highest BCUT2D eigenvalue weighted by atomic mass is 79.9. The molecule has 0 saturated carbocycles. The molecule has 0 atom stereocenters. The largest absolute Gasteiger partial charge is 0.381 e. The van der Waals surface area contributed by atoms with Crippen LogP contribution in [0.25, 0.3) is 0 Å². The predicted molar refractivity (Wildman–Crippen MR) is 110 cm³/mol. The fraction of sp³-hybridized carbons (Fsp3) is 0.526. The minimum absolute atomic E-state index is 0.0416. The molecule has 0 bridgehead atoms. The van der Waals surface area contributed by atoms with E-state index in [1.54, 1.807) is 11.0 Å². The Morgan fingerprint density at radius 3 is 2.63 bits per heavy atom. The van der Waals surface area contributed by atoms with Crippen LogP contribution in [0.3, 0.4) is 0 Å². The van der Waals surface area contributed by atoms with E-state index in [0.717, 1.165) is 55.4 Å². The van der Waals surface area contributed by atoms with Crippen LogP contribution in [0.2, 0.25) is 0 Å². The monoisotopic (exact) mass is 434 g/mol. The van der Waals surface area contributed by atoms with Crippen LogP contribution in [-0.4, -0.2) is 47.0 Å². The summed E-state index contributed by atoms with van der Waals surface area (Å²) in [6.07, 6.45) is 3.53. The van der Waals surface area contributed by atoms with Crippen LogP contribution in [-0.2, 0) is 23.7 Å². The number of halogens is 1. The number of guanidine groups is 1. The normalized spacial score (nSPS) is 16.9. The summed E-state index contributed by atoms with van der Waals surface area (Å²) in [7, 11) is 1.88. The van der Waals surface area contributed by atoms with Gasteiger partial charge in [-0.25, -0.2) is 9.98 Å². The molecule has 0 aliphatic carbocycles. The van der Waals surface area contributed by atoms with E-state index < -0.39 is 0 Å². The first kappa shape index (κ1) is 19.8. The number of hydrogen-bond acceptors (Lipinski definition) is 4. The molecule has 7 nitrogen and oxygen atoms in total. The Morgan fingerprint density at radius 2 is 2.00 bits per heavy atom. The van der Waals surface area contributed by atoms with Crippen LogP contribution in [0, 0.1) is 0 Å². The van der Waals surface area contributed by atoms with Crippen molar-refractivity contribution in [2.45, 2.75) is 31.7 Å². The number of nitrogens with one attached hydrogen (secondary N) is 2. The van der Waals surface area contributed by atoms with Gasteiger partial charge in [0.2, 0.25) is 0 Å². The molecule has 8 heteroatoms. The molecule has 0 spiro atoms. The lowest BCUT2D eigenvalue weighted by atomic mass is 9.74. The van der Waals surface area contributed by atoms with Crippen molar-refractivity contribution in [3.05, 3.63) is 46.5 Å². The van der Waals surface area contributed by atoms with Crippen molar-refractivity contribution in [1.82, 2.24) is 25.4 Å². The summed E-state index contributed by atoms with van der Waals surface area (Å²) in [5.41, 5.74) is 1.38. The van der Waals surface area contributed by atoms with E-state index >= 15 is 0 Å². The van der Waals surface area contributed by atoms with Gasteiger partial charge in [0.15, 0.2) is 5.96 Å². The quantitative estimate of drug-likeness (QED) is 0.538. The smallest absolute Gasteiger partial charge is 0.191 e. The molecule has 1 aromatic heterocycles. The summed E-state index contributed by atoms with van der Waals surface area (Å²) in [4.78, 5) is 8.91. The number of hydrogen-bond donors (Lipinski definition) is 2. The van der Waals surface area contributed by atoms with Crippen molar-refractivity contribution in [2.75, 3.05) is 26.3 Å². The molecule has 1 fully saturated rings.